The summed E-state index contributed by atoms with van der Waals surface area (Å²) in [6, 6.07) is 33.8. The van der Waals surface area contributed by atoms with Gasteiger partial charge in [-0.3, -0.25) is 9.59 Å². The van der Waals surface area contributed by atoms with Crippen LogP contribution in [0.3, 0.4) is 0 Å². The van der Waals surface area contributed by atoms with Gasteiger partial charge >= 0.3 is 0 Å². The van der Waals surface area contributed by atoms with Crippen LogP contribution in [0.4, 0.5) is 5.69 Å². The van der Waals surface area contributed by atoms with E-state index in [1.165, 1.54) is 4.90 Å². The number of amides is 2. The Kier molecular flexibility index (Phi) is 4.69. The third-order valence-electron chi connectivity index (χ3n) is 7.07. The van der Waals surface area contributed by atoms with Crippen LogP contribution in [-0.2, 0) is 9.59 Å². The molecule has 2 aliphatic rings. The summed E-state index contributed by atoms with van der Waals surface area (Å²) in [5, 5.41) is 1.93. The average Bonchev–Trinajstić information content (AvgIpc) is 3.14. The van der Waals surface area contributed by atoms with Gasteiger partial charge in [0.25, 0.3) is 0 Å². The van der Waals surface area contributed by atoms with E-state index >= 15 is 0 Å². The van der Waals surface area contributed by atoms with Crippen molar-refractivity contribution < 1.29 is 9.59 Å². The quantitative estimate of drug-likeness (QED) is 0.292. The number of nitrogens with zero attached hydrogens (tertiary/aromatic N) is 1. The van der Waals surface area contributed by atoms with Crippen LogP contribution in [0.15, 0.2) is 115 Å². The minimum absolute atomic E-state index is 0.111. The maximum absolute atomic E-state index is 14.0. The first-order chi connectivity index (χ1) is 16.2. The number of anilines is 1. The summed E-state index contributed by atoms with van der Waals surface area (Å²) in [4.78, 5) is 29.5. The molecule has 1 aliphatic carbocycles. The highest BCUT2D eigenvalue weighted by atomic mass is 16.2. The van der Waals surface area contributed by atoms with Crippen molar-refractivity contribution in [1.82, 2.24) is 0 Å². The normalized spacial score (nSPS) is 24.3. The Morgan fingerprint density at radius 3 is 1.58 bits per heavy atom. The molecule has 0 N–H and O–H groups in total. The van der Waals surface area contributed by atoms with E-state index in [0.29, 0.717) is 5.69 Å². The molecule has 1 fully saturated rings. The van der Waals surface area contributed by atoms with Gasteiger partial charge < -0.3 is 0 Å². The van der Waals surface area contributed by atoms with Gasteiger partial charge in [-0.25, -0.2) is 4.90 Å². The van der Waals surface area contributed by atoms with E-state index in [9.17, 15) is 9.59 Å². The van der Waals surface area contributed by atoms with Gasteiger partial charge in [0.15, 0.2) is 0 Å². The SMILES string of the molecule is O=C1[C@H]2[C@H](C(=O)N1c1cccc3ccccc13)[C@H](c1ccccc1)C=C[C@H]2c1ccccc1. The van der Waals surface area contributed by atoms with E-state index in [1.807, 2.05) is 103 Å². The third-order valence-corrected chi connectivity index (χ3v) is 7.07. The molecule has 3 nitrogen and oxygen atoms in total. The fourth-order valence-corrected chi connectivity index (χ4v) is 5.57. The fraction of sp³-hybridized carbons (Fsp3) is 0.133. The van der Waals surface area contributed by atoms with Crippen LogP contribution in [-0.4, -0.2) is 11.8 Å². The molecule has 0 radical (unpaired) electrons. The lowest BCUT2D eigenvalue weighted by atomic mass is 9.68. The zero-order valence-electron chi connectivity index (χ0n) is 18.0. The summed E-state index contributed by atoms with van der Waals surface area (Å²) in [6.07, 6.45) is 4.26. The molecule has 160 valence electrons. The molecule has 4 atom stereocenters. The Labute approximate surface area is 193 Å². The first-order valence-corrected chi connectivity index (χ1v) is 11.4. The molecule has 0 bridgehead atoms. The number of carbonyl (C=O) groups excluding carboxylic acids is 2. The Morgan fingerprint density at radius 1 is 0.515 bits per heavy atom. The Bertz CT molecular complexity index is 1300. The van der Waals surface area contributed by atoms with Crippen LogP contribution >= 0.6 is 0 Å². The van der Waals surface area contributed by atoms with Gasteiger partial charge in [-0.2, -0.15) is 0 Å². The molecule has 0 aromatic heterocycles. The van der Waals surface area contributed by atoms with Crippen LogP contribution in [0.2, 0.25) is 0 Å². The van der Waals surface area contributed by atoms with Crippen molar-refractivity contribution in [2.24, 2.45) is 11.8 Å². The largest absolute Gasteiger partial charge is 0.274 e. The molecule has 1 heterocycles. The maximum atomic E-state index is 14.0. The van der Waals surface area contributed by atoms with Gasteiger partial charge in [-0.1, -0.05) is 109 Å². The lowest BCUT2D eigenvalue weighted by molar-refractivity contribution is -0.122. The van der Waals surface area contributed by atoms with Gasteiger partial charge in [0.05, 0.1) is 17.5 Å². The molecule has 6 rings (SSSR count). The molecule has 4 aromatic rings. The summed E-state index contributed by atoms with van der Waals surface area (Å²) in [6.45, 7) is 0. The smallest absolute Gasteiger partial charge is 0.238 e. The Balaban J connectivity index is 1.52. The van der Waals surface area contributed by atoms with Crippen LogP contribution in [0.1, 0.15) is 23.0 Å². The molecule has 1 aliphatic heterocycles. The van der Waals surface area contributed by atoms with E-state index < -0.39 is 11.8 Å². The zero-order valence-corrected chi connectivity index (χ0v) is 18.0. The van der Waals surface area contributed by atoms with Crippen molar-refractivity contribution in [2.75, 3.05) is 4.90 Å². The summed E-state index contributed by atoms with van der Waals surface area (Å²) in [5.41, 5.74) is 2.81. The number of allylic oxidation sites excluding steroid dienone is 2. The molecule has 0 saturated carbocycles. The van der Waals surface area contributed by atoms with Crippen LogP contribution in [0.5, 0.6) is 0 Å². The van der Waals surface area contributed by atoms with Crippen LogP contribution in [0, 0.1) is 11.8 Å². The van der Waals surface area contributed by atoms with Gasteiger partial charge in [0.1, 0.15) is 0 Å². The average molecular weight is 430 g/mol. The van der Waals surface area contributed by atoms with Crippen molar-refractivity contribution >= 4 is 28.3 Å². The molecule has 0 unspecified atom stereocenters. The molecule has 1 saturated heterocycles. The van der Waals surface area contributed by atoms with Crippen molar-refractivity contribution in [2.45, 2.75) is 11.8 Å². The minimum Gasteiger partial charge on any atom is -0.274 e. The molecule has 4 aromatic carbocycles. The second-order valence-corrected chi connectivity index (χ2v) is 8.82. The summed E-state index contributed by atoms with van der Waals surface area (Å²) in [7, 11) is 0. The predicted octanol–water partition coefficient (Wildman–Crippen LogP) is 6.08. The second kappa shape index (κ2) is 7.86. The first kappa shape index (κ1) is 19.7. The predicted molar refractivity (Wildman–Crippen MR) is 131 cm³/mol. The number of carbonyl (C=O) groups is 2. The molecular formula is C30H23NO2. The minimum atomic E-state index is -0.436. The number of fused-ring (bicyclic) bond motifs is 2. The maximum Gasteiger partial charge on any atom is 0.238 e. The number of hydrogen-bond donors (Lipinski definition) is 0. The first-order valence-electron chi connectivity index (χ1n) is 11.4. The standard InChI is InChI=1S/C30H23NO2/c32-29-27-24(21-10-3-1-4-11-21)18-19-25(22-12-5-2-6-13-22)28(27)30(33)31(29)26-17-9-15-20-14-7-8-16-23(20)26/h1-19,24-25,27-28H/t24-,25-,27+,28+/m0/s1. The highest BCUT2D eigenvalue weighted by molar-refractivity contribution is 6.25. The highest BCUT2D eigenvalue weighted by Crippen LogP contribution is 2.50. The van der Waals surface area contributed by atoms with Crippen molar-refractivity contribution in [3.8, 4) is 0 Å². The molecular weight excluding hydrogens is 406 g/mol. The van der Waals surface area contributed by atoms with E-state index in [2.05, 4.69) is 12.2 Å². The topological polar surface area (TPSA) is 37.4 Å². The molecule has 0 spiro atoms. The van der Waals surface area contributed by atoms with E-state index in [0.717, 1.165) is 21.9 Å². The summed E-state index contributed by atoms with van der Waals surface area (Å²) < 4.78 is 0. The lowest BCUT2D eigenvalue weighted by Gasteiger charge is -2.32. The van der Waals surface area contributed by atoms with Crippen molar-refractivity contribution in [3.63, 3.8) is 0 Å². The van der Waals surface area contributed by atoms with Crippen molar-refractivity contribution in [1.29, 1.82) is 0 Å². The van der Waals surface area contributed by atoms with Crippen molar-refractivity contribution in [3.05, 3.63) is 126 Å². The number of hydrogen-bond acceptors (Lipinski definition) is 2. The third kappa shape index (κ3) is 3.12. The second-order valence-electron chi connectivity index (χ2n) is 8.82. The lowest BCUT2D eigenvalue weighted by Crippen LogP contribution is -2.31. The van der Waals surface area contributed by atoms with Gasteiger partial charge in [-0.05, 0) is 22.6 Å². The number of benzene rings is 4. The van der Waals surface area contributed by atoms with E-state index in [1.54, 1.807) is 0 Å². The zero-order chi connectivity index (χ0) is 22.4. The molecule has 2 amide bonds. The monoisotopic (exact) mass is 429 g/mol. The van der Waals surface area contributed by atoms with Crippen LogP contribution in [0.25, 0.3) is 10.8 Å². The number of imide groups is 1. The summed E-state index contributed by atoms with van der Waals surface area (Å²) >= 11 is 0. The molecule has 3 heteroatoms. The van der Waals surface area contributed by atoms with E-state index in [-0.39, 0.29) is 23.7 Å². The highest BCUT2D eigenvalue weighted by Gasteiger charge is 2.55. The molecule has 33 heavy (non-hydrogen) atoms. The van der Waals surface area contributed by atoms with Gasteiger partial charge in [0, 0.05) is 17.2 Å². The van der Waals surface area contributed by atoms with Gasteiger partial charge in [-0.15, -0.1) is 0 Å². The van der Waals surface area contributed by atoms with Crippen LogP contribution < -0.4 is 4.90 Å². The fourth-order valence-electron chi connectivity index (χ4n) is 5.57. The Morgan fingerprint density at radius 2 is 1.00 bits per heavy atom. The van der Waals surface area contributed by atoms with Gasteiger partial charge in [0.2, 0.25) is 11.8 Å². The Hall–Kier alpha value is -3.98. The summed E-state index contributed by atoms with van der Waals surface area (Å²) in [5.74, 6) is -1.36. The van der Waals surface area contributed by atoms with E-state index in [4.69, 9.17) is 0 Å². The number of rotatable bonds is 3.